The Balaban J connectivity index is 0.00000256. The van der Waals surface area contributed by atoms with Gasteiger partial charge in [0.05, 0.1) is 5.92 Å². The van der Waals surface area contributed by atoms with E-state index in [4.69, 9.17) is 10.5 Å². The van der Waals surface area contributed by atoms with Crippen molar-refractivity contribution in [2.24, 2.45) is 5.73 Å². The quantitative estimate of drug-likeness (QED) is 0.589. The lowest BCUT2D eigenvalue weighted by Gasteiger charge is -2.28. The van der Waals surface area contributed by atoms with Crippen LogP contribution in [-0.2, 0) is 11.2 Å². The molecule has 30 heavy (non-hydrogen) atoms. The molecule has 7 heteroatoms. The van der Waals surface area contributed by atoms with E-state index in [2.05, 4.69) is 0 Å². The number of aliphatic carboxylic acids is 1. The summed E-state index contributed by atoms with van der Waals surface area (Å²) < 4.78 is 33.3. The van der Waals surface area contributed by atoms with Gasteiger partial charge < -0.3 is 15.6 Å². The molecule has 4 rings (SSSR count). The number of nitrogens with two attached hydrogens (primary N) is 1. The highest BCUT2D eigenvalue weighted by molar-refractivity contribution is 5.85. The first kappa shape index (κ1) is 21.7. The van der Waals surface area contributed by atoms with Crippen molar-refractivity contribution in [1.29, 1.82) is 0 Å². The molecule has 3 aromatic rings. The topological polar surface area (TPSA) is 72.5 Å². The predicted molar refractivity (Wildman–Crippen MR) is 112 cm³/mol. The molecule has 4 nitrogen and oxygen atoms in total. The largest absolute Gasteiger partial charge is 0.481 e. The summed E-state index contributed by atoms with van der Waals surface area (Å²) in [5.41, 5.74) is 8.48. The Morgan fingerprint density at radius 1 is 1.03 bits per heavy atom. The molecule has 0 aromatic heterocycles. The minimum Gasteiger partial charge on any atom is -0.481 e. The first-order valence-corrected chi connectivity index (χ1v) is 9.27. The second-order valence-corrected chi connectivity index (χ2v) is 7.14. The van der Waals surface area contributed by atoms with Gasteiger partial charge in [-0.25, -0.2) is 8.78 Å². The van der Waals surface area contributed by atoms with Gasteiger partial charge >= 0.3 is 5.97 Å². The maximum atomic E-state index is 13.7. The molecule has 0 heterocycles. The third-order valence-electron chi connectivity index (χ3n) is 5.18. The van der Waals surface area contributed by atoms with Crippen LogP contribution in [-0.4, -0.2) is 17.1 Å². The molecule has 3 aromatic carbocycles. The maximum absolute atomic E-state index is 13.7. The first-order valence-electron chi connectivity index (χ1n) is 9.27. The number of fused-ring (bicyclic) bond motifs is 1. The van der Waals surface area contributed by atoms with Crippen molar-refractivity contribution in [3.8, 4) is 22.6 Å². The number of aryl methyl sites for hydroxylation is 1. The number of rotatable bonds is 4. The van der Waals surface area contributed by atoms with E-state index in [1.54, 1.807) is 36.4 Å². The van der Waals surface area contributed by atoms with Crippen LogP contribution in [0.1, 0.15) is 23.5 Å². The molecule has 2 unspecified atom stereocenters. The van der Waals surface area contributed by atoms with Crippen LogP contribution in [0.25, 0.3) is 11.1 Å². The Kier molecular flexibility index (Phi) is 6.39. The van der Waals surface area contributed by atoms with Crippen LogP contribution < -0.4 is 10.5 Å². The fraction of sp³-hybridized carbons (Fsp3) is 0.174. The summed E-state index contributed by atoms with van der Waals surface area (Å²) in [5, 5.41) is 9.59. The number of carboxylic acids is 1. The van der Waals surface area contributed by atoms with Crippen LogP contribution in [0.3, 0.4) is 0 Å². The van der Waals surface area contributed by atoms with E-state index in [-0.39, 0.29) is 12.4 Å². The molecule has 1 aliphatic carbocycles. The van der Waals surface area contributed by atoms with E-state index in [0.717, 1.165) is 11.6 Å². The molecule has 0 fully saturated rings. The van der Waals surface area contributed by atoms with Gasteiger partial charge in [-0.3, -0.25) is 4.79 Å². The second kappa shape index (κ2) is 8.81. The van der Waals surface area contributed by atoms with Crippen molar-refractivity contribution in [1.82, 2.24) is 0 Å². The lowest BCUT2D eigenvalue weighted by Crippen LogP contribution is -2.37. The van der Waals surface area contributed by atoms with Crippen LogP contribution in [0.4, 0.5) is 8.78 Å². The van der Waals surface area contributed by atoms with E-state index in [1.807, 2.05) is 6.07 Å². The normalized spacial score (nSPS) is 17.6. The molecular formula is C23H20ClF2NO3. The zero-order valence-electron chi connectivity index (χ0n) is 15.8. The van der Waals surface area contributed by atoms with Crippen molar-refractivity contribution in [3.63, 3.8) is 0 Å². The third-order valence-corrected chi connectivity index (χ3v) is 5.18. The SMILES string of the molecule is Cl.NC1CCc2ccc(Oc3ccccc3-c3cc(F)cc(F)c3)cc2C1C(=O)O. The molecule has 0 amide bonds. The summed E-state index contributed by atoms with van der Waals surface area (Å²) >= 11 is 0. The summed E-state index contributed by atoms with van der Waals surface area (Å²) in [6.07, 6.45) is 1.32. The van der Waals surface area contributed by atoms with Crippen LogP contribution >= 0.6 is 12.4 Å². The summed E-state index contributed by atoms with van der Waals surface area (Å²) in [6.45, 7) is 0. The lowest BCUT2D eigenvalue weighted by atomic mass is 9.79. The van der Waals surface area contributed by atoms with Gasteiger partial charge in [0, 0.05) is 17.7 Å². The molecule has 0 radical (unpaired) electrons. The standard InChI is InChI=1S/C23H19F2NO3.ClH/c24-15-9-14(10-16(25)11-15)18-3-1-2-4-21(18)29-17-7-5-13-6-8-20(26)22(23(27)28)19(13)12-17;/h1-5,7,9-12,20,22H,6,8,26H2,(H,27,28);1H. The Bertz CT molecular complexity index is 1070. The predicted octanol–water partition coefficient (Wildman–Crippen LogP) is 5.29. The van der Waals surface area contributed by atoms with E-state index >= 15 is 0 Å². The van der Waals surface area contributed by atoms with Gasteiger partial charge in [-0.05, 0) is 59.9 Å². The van der Waals surface area contributed by atoms with Crippen molar-refractivity contribution in [3.05, 3.63) is 83.4 Å². The van der Waals surface area contributed by atoms with Crippen molar-refractivity contribution in [2.75, 3.05) is 0 Å². The van der Waals surface area contributed by atoms with E-state index in [9.17, 15) is 18.7 Å². The Hall–Kier alpha value is -2.96. The number of carboxylic acid groups (broad SMARTS) is 1. The smallest absolute Gasteiger partial charge is 0.312 e. The van der Waals surface area contributed by atoms with Gasteiger partial charge in [0.1, 0.15) is 23.1 Å². The fourth-order valence-corrected chi connectivity index (χ4v) is 3.82. The van der Waals surface area contributed by atoms with Crippen LogP contribution in [0.15, 0.2) is 60.7 Å². The highest BCUT2D eigenvalue weighted by Crippen LogP contribution is 2.37. The molecular weight excluding hydrogens is 412 g/mol. The molecule has 0 bridgehead atoms. The number of para-hydroxylation sites is 1. The van der Waals surface area contributed by atoms with Gasteiger partial charge in [-0.15, -0.1) is 12.4 Å². The number of hydrogen-bond acceptors (Lipinski definition) is 3. The number of ether oxygens (including phenoxy) is 1. The van der Waals surface area contributed by atoms with Gasteiger partial charge in [0.25, 0.3) is 0 Å². The number of carbonyl (C=O) groups is 1. The van der Waals surface area contributed by atoms with Crippen LogP contribution in [0.2, 0.25) is 0 Å². The summed E-state index contributed by atoms with van der Waals surface area (Å²) in [5.74, 6) is -2.28. The van der Waals surface area contributed by atoms with Crippen molar-refractivity contribution >= 4 is 18.4 Å². The molecule has 156 valence electrons. The minimum absolute atomic E-state index is 0. The highest BCUT2D eigenvalue weighted by atomic mass is 35.5. The average Bonchev–Trinajstić information content (AvgIpc) is 2.67. The summed E-state index contributed by atoms with van der Waals surface area (Å²) in [6, 6.07) is 15.0. The molecule has 0 spiro atoms. The van der Waals surface area contributed by atoms with Crippen LogP contribution in [0, 0.1) is 11.6 Å². The molecule has 3 N–H and O–H groups in total. The molecule has 1 aliphatic rings. The number of benzene rings is 3. The lowest BCUT2D eigenvalue weighted by molar-refractivity contribution is -0.139. The van der Waals surface area contributed by atoms with Crippen LogP contribution in [0.5, 0.6) is 11.5 Å². The third kappa shape index (κ3) is 4.30. The molecule has 0 aliphatic heterocycles. The summed E-state index contributed by atoms with van der Waals surface area (Å²) in [4.78, 5) is 11.7. The first-order chi connectivity index (χ1) is 13.9. The second-order valence-electron chi connectivity index (χ2n) is 7.14. The monoisotopic (exact) mass is 431 g/mol. The fourth-order valence-electron chi connectivity index (χ4n) is 3.82. The Morgan fingerprint density at radius 3 is 2.43 bits per heavy atom. The highest BCUT2D eigenvalue weighted by Gasteiger charge is 2.33. The van der Waals surface area contributed by atoms with Gasteiger partial charge in [-0.1, -0.05) is 24.3 Å². The maximum Gasteiger partial charge on any atom is 0.312 e. The summed E-state index contributed by atoms with van der Waals surface area (Å²) in [7, 11) is 0. The zero-order chi connectivity index (χ0) is 20.5. The minimum atomic E-state index is -0.966. The van der Waals surface area contributed by atoms with E-state index in [1.165, 1.54) is 12.1 Å². The zero-order valence-corrected chi connectivity index (χ0v) is 16.7. The van der Waals surface area contributed by atoms with Gasteiger partial charge in [-0.2, -0.15) is 0 Å². The van der Waals surface area contributed by atoms with Crippen molar-refractivity contribution < 1.29 is 23.4 Å². The van der Waals surface area contributed by atoms with Crippen molar-refractivity contribution in [2.45, 2.75) is 24.8 Å². The average molecular weight is 432 g/mol. The van der Waals surface area contributed by atoms with Gasteiger partial charge in [0.2, 0.25) is 0 Å². The van der Waals surface area contributed by atoms with Gasteiger partial charge in [0.15, 0.2) is 0 Å². The Labute approximate surface area is 178 Å². The molecule has 2 atom stereocenters. The molecule has 0 saturated heterocycles. The van der Waals surface area contributed by atoms with E-state index < -0.39 is 29.6 Å². The number of hydrogen-bond donors (Lipinski definition) is 2. The number of halogens is 3. The van der Waals surface area contributed by atoms with E-state index in [0.29, 0.717) is 41.0 Å². The Morgan fingerprint density at radius 2 is 1.73 bits per heavy atom. The molecule has 0 saturated carbocycles.